The van der Waals surface area contributed by atoms with Crippen LogP contribution in [0.15, 0.2) is 42.5 Å². The maximum Gasteiger partial charge on any atom is 0.261 e. The number of nitrogens with one attached hydrogen (secondary N) is 1. The van der Waals surface area contributed by atoms with Crippen LogP contribution in [-0.2, 0) is 23.2 Å². The fourth-order valence-electron chi connectivity index (χ4n) is 3.05. The zero-order valence-corrected chi connectivity index (χ0v) is 13.9. The van der Waals surface area contributed by atoms with E-state index in [1.54, 1.807) is 24.3 Å². The third-order valence-corrected chi connectivity index (χ3v) is 4.66. The van der Waals surface area contributed by atoms with E-state index in [-0.39, 0.29) is 12.2 Å². The smallest absolute Gasteiger partial charge is 0.261 e. The number of fused-ring (bicyclic) bond motifs is 1. The quantitative estimate of drug-likeness (QED) is 0.830. The first-order valence-corrected chi connectivity index (χ1v) is 8.27. The fraction of sp³-hybridized carbons (Fsp3) is 0.300. The third kappa shape index (κ3) is 2.74. The average Bonchev–Trinajstić information content (AvgIpc) is 2.85. The van der Waals surface area contributed by atoms with Gasteiger partial charge in [-0.3, -0.25) is 9.59 Å². The van der Waals surface area contributed by atoms with Crippen LogP contribution in [-0.4, -0.2) is 16.8 Å². The normalized spacial score (nSPS) is 19.0. The van der Waals surface area contributed by atoms with Gasteiger partial charge in [-0.25, -0.2) is 0 Å². The van der Waals surface area contributed by atoms with Gasteiger partial charge in [0.1, 0.15) is 0 Å². The van der Waals surface area contributed by atoms with Crippen LogP contribution >= 0.6 is 0 Å². The number of rotatable bonds is 5. The van der Waals surface area contributed by atoms with Crippen molar-refractivity contribution in [1.82, 2.24) is 0 Å². The van der Waals surface area contributed by atoms with E-state index in [4.69, 9.17) is 0 Å². The van der Waals surface area contributed by atoms with Crippen LogP contribution in [0.25, 0.3) is 0 Å². The molecule has 1 amide bonds. The lowest BCUT2D eigenvalue weighted by Crippen LogP contribution is -2.36. The summed E-state index contributed by atoms with van der Waals surface area (Å²) >= 11 is 0. The van der Waals surface area contributed by atoms with Crippen LogP contribution in [0.1, 0.15) is 47.3 Å². The molecule has 0 saturated carbocycles. The highest BCUT2D eigenvalue weighted by Gasteiger charge is 2.46. The molecule has 0 unspecified atom stereocenters. The molecule has 0 bridgehead atoms. The van der Waals surface area contributed by atoms with E-state index >= 15 is 0 Å². The first-order chi connectivity index (χ1) is 11.5. The van der Waals surface area contributed by atoms with E-state index in [0.29, 0.717) is 16.8 Å². The number of ketones is 1. The molecule has 1 heterocycles. The van der Waals surface area contributed by atoms with Crippen LogP contribution in [0.3, 0.4) is 0 Å². The Morgan fingerprint density at radius 1 is 1.04 bits per heavy atom. The molecule has 4 nitrogen and oxygen atoms in total. The van der Waals surface area contributed by atoms with Crippen molar-refractivity contribution in [3.05, 3.63) is 64.7 Å². The van der Waals surface area contributed by atoms with E-state index in [1.807, 2.05) is 32.0 Å². The average molecular weight is 323 g/mol. The van der Waals surface area contributed by atoms with Crippen LogP contribution in [0, 0.1) is 0 Å². The largest absolute Gasteiger partial charge is 0.375 e. The minimum Gasteiger partial charge on any atom is -0.375 e. The summed E-state index contributed by atoms with van der Waals surface area (Å²) < 4.78 is 0. The molecule has 4 heteroatoms. The summed E-state index contributed by atoms with van der Waals surface area (Å²) in [5.41, 5.74) is 1.93. The molecule has 124 valence electrons. The van der Waals surface area contributed by atoms with Crippen molar-refractivity contribution in [2.45, 2.75) is 38.7 Å². The molecule has 24 heavy (non-hydrogen) atoms. The van der Waals surface area contributed by atoms with Crippen molar-refractivity contribution in [1.29, 1.82) is 0 Å². The second-order valence-corrected chi connectivity index (χ2v) is 6.20. The van der Waals surface area contributed by atoms with Gasteiger partial charge < -0.3 is 10.4 Å². The van der Waals surface area contributed by atoms with Crippen LogP contribution < -0.4 is 5.32 Å². The van der Waals surface area contributed by atoms with Gasteiger partial charge in [0.05, 0.1) is 6.42 Å². The van der Waals surface area contributed by atoms with Crippen molar-refractivity contribution in [2.24, 2.45) is 0 Å². The van der Waals surface area contributed by atoms with Gasteiger partial charge in [-0.2, -0.15) is 0 Å². The molecule has 0 spiro atoms. The predicted octanol–water partition coefficient (Wildman–Crippen LogP) is 3.22. The first-order valence-electron chi connectivity index (χ1n) is 8.27. The van der Waals surface area contributed by atoms with E-state index in [9.17, 15) is 14.7 Å². The Balaban J connectivity index is 1.91. The molecule has 1 aliphatic heterocycles. The highest BCUT2D eigenvalue weighted by molar-refractivity contribution is 6.09. The maximum atomic E-state index is 12.6. The Morgan fingerprint density at radius 2 is 1.67 bits per heavy atom. The minimum absolute atomic E-state index is 0.245. The third-order valence-electron chi connectivity index (χ3n) is 4.66. The number of carbonyl (C=O) groups excluding carboxylic acids is 2. The monoisotopic (exact) mass is 323 g/mol. The zero-order chi connectivity index (χ0) is 17.3. The van der Waals surface area contributed by atoms with Gasteiger partial charge in [-0.05, 0) is 30.0 Å². The highest BCUT2D eigenvalue weighted by Crippen LogP contribution is 2.39. The lowest BCUT2D eigenvalue weighted by Gasteiger charge is -2.20. The zero-order valence-electron chi connectivity index (χ0n) is 13.9. The molecule has 0 aliphatic carbocycles. The molecule has 2 N–H and O–H groups in total. The topological polar surface area (TPSA) is 66.4 Å². The Hall–Kier alpha value is -2.46. The molecular formula is C20H21NO3. The van der Waals surface area contributed by atoms with Crippen molar-refractivity contribution >= 4 is 17.4 Å². The number of carbonyl (C=O) groups is 2. The summed E-state index contributed by atoms with van der Waals surface area (Å²) in [6.45, 7) is 4.05. The SMILES string of the molecule is CCc1ccc(C(=O)C[C@@]2(O)C(=O)Nc3ccc(CC)cc32)cc1. The van der Waals surface area contributed by atoms with Gasteiger partial charge in [-0.15, -0.1) is 0 Å². The first kappa shape index (κ1) is 16.4. The van der Waals surface area contributed by atoms with Crippen molar-refractivity contribution < 1.29 is 14.7 Å². The molecule has 3 rings (SSSR count). The molecule has 0 fully saturated rings. The Kier molecular flexibility index (Phi) is 4.24. The van der Waals surface area contributed by atoms with Gasteiger partial charge >= 0.3 is 0 Å². The van der Waals surface area contributed by atoms with E-state index in [0.717, 1.165) is 24.0 Å². The Bertz CT molecular complexity index is 795. The summed E-state index contributed by atoms with van der Waals surface area (Å²) in [7, 11) is 0. The number of aryl methyl sites for hydroxylation is 2. The van der Waals surface area contributed by atoms with Crippen molar-refractivity contribution in [2.75, 3.05) is 5.32 Å². The lowest BCUT2D eigenvalue weighted by atomic mass is 9.87. The number of amides is 1. The maximum absolute atomic E-state index is 12.6. The summed E-state index contributed by atoms with van der Waals surface area (Å²) in [6, 6.07) is 12.8. The number of hydrogen-bond acceptors (Lipinski definition) is 3. The Labute approximate surface area is 141 Å². The lowest BCUT2D eigenvalue weighted by molar-refractivity contribution is -0.133. The molecule has 1 aliphatic rings. The minimum atomic E-state index is -1.80. The summed E-state index contributed by atoms with van der Waals surface area (Å²) in [6.07, 6.45) is 1.43. The molecule has 0 radical (unpaired) electrons. The van der Waals surface area contributed by atoms with Crippen molar-refractivity contribution in [3.63, 3.8) is 0 Å². The summed E-state index contributed by atoms with van der Waals surface area (Å²) in [5, 5.41) is 13.6. The van der Waals surface area contributed by atoms with Gasteiger partial charge in [0.2, 0.25) is 0 Å². The molecule has 0 aromatic heterocycles. The number of aliphatic hydroxyl groups is 1. The summed E-state index contributed by atoms with van der Waals surface area (Å²) in [4.78, 5) is 24.9. The fourth-order valence-corrected chi connectivity index (χ4v) is 3.05. The van der Waals surface area contributed by atoms with E-state index in [2.05, 4.69) is 5.32 Å². The standard InChI is InChI=1S/C20H21NO3/c1-3-13-5-8-15(9-6-13)18(22)12-20(24)16-11-14(4-2)7-10-17(16)21-19(20)23/h5-11,24H,3-4,12H2,1-2H3,(H,21,23)/t20-/m0/s1. The predicted molar refractivity (Wildman–Crippen MR) is 93.1 cm³/mol. The number of anilines is 1. The van der Waals surface area contributed by atoms with E-state index in [1.165, 1.54) is 0 Å². The summed E-state index contributed by atoms with van der Waals surface area (Å²) in [5.74, 6) is -0.783. The molecule has 2 aromatic rings. The molecule has 2 aromatic carbocycles. The number of Topliss-reactive ketones (excluding diaryl/α,β-unsaturated/α-hetero) is 1. The second-order valence-electron chi connectivity index (χ2n) is 6.20. The van der Waals surface area contributed by atoms with Gasteiger partial charge in [0, 0.05) is 16.8 Å². The second kappa shape index (κ2) is 6.21. The molecule has 0 saturated heterocycles. The van der Waals surface area contributed by atoms with Crippen LogP contribution in [0.2, 0.25) is 0 Å². The Morgan fingerprint density at radius 3 is 2.29 bits per heavy atom. The van der Waals surface area contributed by atoms with Crippen molar-refractivity contribution in [3.8, 4) is 0 Å². The molecule has 1 atom stereocenters. The van der Waals surface area contributed by atoms with Gasteiger partial charge in [-0.1, -0.05) is 50.2 Å². The highest BCUT2D eigenvalue weighted by atomic mass is 16.3. The van der Waals surface area contributed by atoms with Crippen LogP contribution in [0.5, 0.6) is 0 Å². The van der Waals surface area contributed by atoms with Crippen LogP contribution in [0.4, 0.5) is 5.69 Å². The van der Waals surface area contributed by atoms with Gasteiger partial charge in [0.15, 0.2) is 11.4 Å². The molecular weight excluding hydrogens is 302 g/mol. The van der Waals surface area contributed by atoms with E-state index < -0.39 is 11.5 Å². The number of benzene rings is 2. The van der Waals surface area contributed by atoms with Gasteiger partial charge in [0.25, 0.3) is 5.91 Å². The number of hydrogen-bond donors (Lipinski definition) is 2.